The Morgan fingerprint density at radius 2 is 0.861 bits per heavy atom. The Balaban J connectivity index is 1.15. The molecular formula is C30H22O6. The zero-order chi connectivity index (χ0) is 24.7. The molecule has 0 aliphatic rings. The SMILES string of the molecule is O=C(COc1ccccc1OCC(=O)Oc1ccc2ccccc2c1)Oc1ccc2ccccc2c1. The summed E-state index contributed by atoms with van der Waals surface area (Å²) in [6.45, 7) is -0.649. The number of carbonyl (C=O) groups excluding carboxylic acids is 2. The third-order valence-corrected chi connectivity index (χ3v) is 5.45. The van der Waals surface area contributed by atoms with Gasteiger partial charge in [-0.25, -0.2) is 9.59 Å². The molecule has 0 aliphatic carbocycles. The highest BCUT2D eigenvalue weighted by Crippen LogP contribution is 2.27. The van der Waals surface area contributed by atoms with Crippen LogP contribution < -0.4 is 18.9 Å². The zero-order valence-electron chi connectivity index (χ0n) is 19.3. The molecule has 36 heavy (non-hydrogen) atoms. The lowest BCUT2D eigenvalue weighted by Gasteiger charge is -2.12. The first-order chi connectivity index (χ1) is 17.6. The van der Waals surface area contributed by atoms with Gasteiger partial charge in [0.25, 0.3) is 0 Å². The van der Waals surface area contributed by atoms with Crippen LogP contribution in [0, 0.1) is 0 Å². The monoisotopic (exact) mass is 478 g/mol. The Bertz CT molecular complexity index is 1430. The third-order valence-electron chi connectivity index (χ3n) is 5.45. The van der Waals surface area contributed by atoms with E-state index >= 15 is 0 Å². The summed E-state index contributed by atoms with van der Waals surface area (Å²) < 4.78 is 22.0. The maximum absolute atomic E-state index is 12.3. The minimum atomic E-state index is -0.559. The van der Waals surface area contributed by atoms with E-state index in [-0.39, 0.29) is 13.2 Å². The van der Waals surface area contributed by atoms with Gasteiger partial charge in [-0.1, -0.05) is 72.8 Å². The van der Waals surface area contributed by atoms with Gasteiger partial charge >= 0.3 is 11.9 Å². The van der Waals surface area contributed by atoms with Crippen molar-refractivity contribution in [2.75, 3.05) is 13.2 Å². The Morgan fingerprint density at radius 3 is 1.31 bits per heavy atom. The van der Waals surface area contributed by atoms with Crippen molar-refractivity contribution in [2.24, 2.45) is 0 Å². The van der Waals surface area contributed by atoms with Gasteiger partial charge in [0.15, 0.2) is 24.7 Å². The number of hydrogen-bond acceptors (Lipinski definition) is 6. The Hall–Kier alpha value is -4.84. The molecule has 0 spiro atoms. The van der Waals surface area contributed by atoms with Crippen molar-refractivity contribution < 1.29 is 28.5 Å². The average molecular weight is 479 g/mol. The lowest BCUT2D eigenvalue weighted by molar-refractivity contribution is -0.138. The molecule has 0 atom stereocenters. The normalized spacial score (nSPS) is 10.7. The van der Waals surface area contributed by atoms with Gasteiger partial charge in [0, 0.05) is 0 Å². The van der Waals surface area contributed by atoms with Gasteiger partial charge in [0.05, 0.1) is 0 Å². The number of rotatable bonds is 8. The van der Waals surface area contributed by atoms with Crippen molar-refractivity contribution in [3.63, 3.8) is 0 Å². The number of benzene rings is 5. The molecule has 0 heterocycles. The number of ether oxygens (including phenoxy) is 4. The fourth-order valence-electron chi connectivity index (χ4n) is 3.75. The van der Waals surface area contributed by atoms with E-state index in [0.717, 1.165) is 21.5 Å². The molecule has 6 nitrogen and oxygen atoms in total. The van der Waals surface area contributed by atoms with Crippen LogP contribution in [-0.2, 0) is 9.59 Å². The van der Waals surface area contributed by atoms with Gasteiger partial charge < -0.3 is 18.9 Å². The summed E-state index contributed by atoms with van der Waals surface area (Å²) in [4.78, 5) is 24.7. The smallest absolute Gasteiger partial charge is 0.349 e. The predicted molar refractivity (Wildman–Crippen MR) is 137 cm³/mol. The second kappa shape index (κ2) is 10.6. The maximum Gasteiger partial charge on any atom is 0.349 e. The minimum Gasteiger partial charge on any atom is -0.478 e. The molecule has 0 radical (unpaired) electrons. The van der Waals surface area contributed by atoms with E-state index in [4.69, 9.17) is 18.9 Å². The summed E-state index contributed by atoms with van der Waals surface area (Å²) in [5, 5.41) is 4.05. The van der Waals surface area contributed by atoms with E-state index in [9.17, 15) is 9.59 Å². The number of fused-ring (bicyclic) bond motifs is 2. The van der Waals surface area contributed by atoms with Crippen LogP contribution in [0.25, 0.3) is 21.5 Å². The molecular weight excluding hydrogens is 456 g/mol. The first-order valence-corrected chi connectivity index (χ1v) is 11.4. The largest absolute Gasteiger partial charge is 0.478 e. The van der Waals surface area contributed by atoms with Crippen LogP contribution in [0.4, 0.5) is 0 Å². The Kier molecular flexibility index (Phi) is 6.76. The van der Waals surface area contributed by atoms with E-state index in [2.05, 4.69) is 0 Å². The van der Waals surface area contributed by atoms with E-state index in [1.165, 1.54) is 0 Å². The molecule has 0 fully saturated rings. The second-order valence-electron chi connectivity index (χ2n) is 7.99. The van der Waals surface area contributed by atoms with Crippen molar-refractivity contribution in [3.05, 3.63) is 109 Å². The molecule has 0 saturated heterocycles. The molecule has 0 unspecified atom stereocenters. The maximum atomic E-state index is 12.3. The quantitative estimate of drug-likeness (QED) is 0.202. The van der Waals surface area contributed by atoms with E-state index in [0.29, 0.717) is 23.0 Å². The zero-order valence-corrected chi connectivity index (χ0v) is 19.3. The summed E-state index contributed by atoms with van der Waals surface area (Å²) >= 11 is 0. The second-order valence-corrected chi connectivity index (χ2v) is 7.99. The lowest BCUT2D eigenvalue weighted by Crippen LogP contribution is -2.19. The highest BCUT2D eigenvalue weighted by atomic mass is 16.6. The fourth-order valence-corrected chi connectivity index (χ4v) is 3.75. The summed E-state index contributed by atoms with van der Waals surface area (Å²) in [5.41, 5.74) is 0. The van der Waals surface area contributed by atoms with Crippen molar-refractivity contribution in [1.29, 1.82) is 0 Å². The minimum absolute atomic E-state index is 0.312. The van der Waals surface area contributed by atoms with Gasteiger partial charge in [-0.2, -0.15) is 0 Å². The molecule has 6 heteroatoms. The van der Waals surface area contributed by atoms with Crippen LogP contribution in [-0.4, -0.2) is 25.2 Å². The molecule has 5 aromatic rings. The lowest BCUT2D eigenvalue weighted by atomic mass is 10.1. The van der Waals surface area contributed by atoms with Crippen LogP contribution in [0.15, 0.2) is 109 Å². The van der Waals surface area contributed by atoms with Gasteiger partial charge in [-0.05, 0) is 57.9 Å². The van der Waals surface area contributed by atoms with Gasteiger partial charge in [0.2, 0.25) is 0 Å². The summed E-state index contributed by atoms with van der Waals surface area (Å²) in [6, 6.07) is 33.2. The van der Waals surface area contributed by atoms with Crippen LogP contribution in [0.1, 0.15) is 0 Å². The number of carbonyl (C=O) groups is 2. The number of esters is 2. The molecule has 0 aliphatic heterocycles. The molecule has 178 valence electrons. The van der Waals surface area contributed by atoms with Crippen molar-refractivity contribution >= 4 is 33.5 Å². The first kappa shape index (κ1) is 22.9. The van der Waals surface area contributed by atoms with Gasteiger partial charge in [-0.3, -0.25) is 0 Å². The molecule has 0 N–H and O–H groups in total. The van der Waals surface area contributed by atoms with Crippen LogP contribution in [0.5, 0.6) is 23.0 Å². The molecule has 5 rings (SSSR count). The summed E-state index contributed by atoms with van der Waals surface area (Å²) in [7, 11) is 0. The van der Waals surface area contributed by atoms with E-state index < -0.39 is 11.9 Å². The highest BCUT2D eigenvalue weighted by Gasteiger charge is 2.13. The van der Waals surface area contributed by atoms with Crippen LogP contribution in [0.2, 0.25) is 0 Å². The highest BCUT2D eigenvalue weighted by molar-refractivity contribution is 5.86. The summed E-state index contributed by atoms with van der Waals surface area (Å²) in [5.74, 6) is 0.371. The molecule has 0 aromatic heterocycles. The van der Waals surface area contributed by atoms with Crippen LogP contribution in [0.3, 0.4) is 0 Å². The Labute approximate surface area is 207 Å². The fraction of sp³-hybridized carbons (Fsp3) is 0.0667. The summed E-state index contributed by atoms with van der Waals surface area (Å²) in [6.07, 6.45) is 0. The standard InChI is InChI=1S/C30H22O6/c31-29(35-25-15-13-21-7-1-3-9-23(21)17-25)19-33-27-11-5-6-12-28(27)34-20-30(32)36-26-16-14-22-8-2-4-10-24(22)18-26/h1-18H,19-20H2. The number of hydrogen-bond donors (Lipinski definition) is 0. The predicted octanol–water partition coefficient (Wildman–Crippen LogP) is 5.96. The molecule has 0 amide bonds. The van der Waals surface area contributed by atoms with Crippen molar-refractivity contribution in [3.8, 4) is 23.0 Å². The molecule has 0 saturated carbocycles. The van der Waals surface area contributed by atoms with E-state index in [1.54, 1.807) is 48.5 Å². The topological polar surface area (TPSA) is 71.1 Å². The average Bonchev–Trinajstić information content (AvgIpc) is 2.91. The third kappa shape index (κ3) is 5.62. The molecule has 0 bridgehead atoms. The van der Waals surface area contributed by atoms with Gasteiger partial charge in [-0.15, -0.1) is 0 Å². The van der Waals surface area contributed by atoms with Crippen molar-refractivity contribution in [1.82, 2.24) is 0 Å². The van der Waals surface area contributed by atoms with Gasteiger partial charge in [0.1, 0.15) is 11.5 Å². The number of para-hydroxylation sites is 2. The van der Waals surface area contributed by atoms with Crippen molar-refractivity contribution in [2.45, 2.75) is 0 Å². The van der Waals surface area contributed by atoms with Crippen LogP contribution >= 0.6 is 0 Å². The Morgan fingerprint density at radius 1 is 0.472 bits per heavy atom. The van der Waals surface area contributed by atoms with E-state index in [1.807, 2.05) is 60.7 Å². The molecule has 5 aromatic carbocycles. The first-order valence-electron chi connectivity index (χ1n) is 11.4.